The van der Waals surface area contributed by atoms with Crippen LogP contribution < -0.4 is 5.32 Å². The van der Waals surface area contributed by atoms with E-state index in [1.807, 2.05) is 29.6 Å². The van der Waals surface area contributed by atoms with Gasteiger partial charge in [0.1, 0.15) is 0 Å². The second-order valence-electron chi connectivity index (χ2n) is 3.32. The number of benzene rings is 1. The molecule has 0 saturated carbocycles. The normalized spacial score (nSPS) is 10.1. The van der Waals surface area contributed by atoms with Crippen molar-refractivity contribution in [3.63, 3.8) is 0 Å². The number of hydrogen-bond acceptors (Lipinski definition) is 3. The molecule has 2 N–H and O–H groups in total. The van der Waals surface area contributed by atoms with Gasteiger partial charge in [-0.15, -0.1) is 11.3 Å². The van der Waals surface area contributed by atoms with Gasteiger partial charge < -0.3 is 10.3 Å². The summed E-state index contributed by atoms with van der Waals surface area (Å²) >= 11 is 6.53. The molecule has 0 unspecified atom stereocenters. The second kappa shape index (κ2) is 4.59. The van der Waals surface area contributed by atoms with Gasteiger partial charge in [-0.3, -0.25) is 4.79 Å². The smallest absolute Gasteiger partial charge is 0.221 e. The van der Waals surface area contributed by atoms with E-state index >= 15 is 0 Å². The van der Waals surface area contributed by atoms with Gasteiger partial charge in [0.05, 0.1) is 5.69 Å². The van der Waals surface area contributed by atoms with E-state index in [1.54, 1.807) is 0 Å². The fourth-order valence-corrected chi connectivity index (χ4v) is 2.20. The van der Waals surface area contributed by atoms with Crippen LogP contribution in [0.25, 0.3) is 11.3 Å². The minimum Gasteiger partial charge on any atom is -0.337 e. The van der Waals surface area contributed by atoms with Crippen LogP contribution in [0.5, 0.6) is 0 Å². The van der Waals surface area contributed by atoms with Crippen LogP contribution in [-0.2, 0) is 4.79 Å². The molecular weight excluding hydrogens is 240 g/mol. The fraction of sp³-hybridized carbons (Fsp3) is 0.0909. The fourth-order valence-electron chi connectivity index (χ4n) is 1.36. The summed E-state index contributed by atoms with van der Waals surface area (Å²) in [5.74, 6) is -0.0670. The zero-order valence-electron chi connectivity index (χ0n) is 8.61. The van der Waals surface area contributed by atoms with Crippen LogP contribution in [0.15, 0.2) is 29.6 Å². The number of thiazole rings is 1. The number of hydrogen-bond donors (Lipinski definition) is 2. The molecule has 2 rings (SSSR count). The summed E-state index contributed by atoms with van der Waals surface area (Å²) in [6.45, 7) is 1.49. The predicted octanol–water partition coefficient (Wildman–Crippen LogP) is 3.43. The molecule has 82 valence electrons. The van der Waals surface area contributed by atoms with Gasteiger partial charge in [0.25, 0.3) is 0 Å². The van der Waals surface area contributed by atoms with Crippen molar-refractivity contribution in [1.29, 1.82) is 0 Å². The first-order chi connectivity index (χ1) is 7.65. The molecule has 16 heavy (non-hydrogen) atoms. The highest BCUT2D eigenvalue weighted by Gasteiger charge is 2.00. The van der Waals surface area contributed by atoms with Crippen molar-refractivity contribution < 1.29 is 4.79 Å². The summed E-state index contributed by atoms with van der Waals surface area (Å²) in [5, 5.41) is 4.70. The number of amides is 1. The Morgan fingerprint density at radius 1 is 1.38 bits per heavy atom. The number of carbonyl (C=O) groups excluding carboxylic acids is 1. The molecule has 0 aliphatic rings. The van der Waals surface area contributed by atoms with Crippen molar-refractivity contribution in [1.82, 2.24) is 4.98 Å². The lowest BCUT2D eigenvalue weighted by Crippen LogP contribution is -2.05. The van der Waals surface area contributed by atoms with Gasteiger partial charge in [0, 0.05) is 18.0 Å². The second-order valence-corrected chi connectivity index (χ2v) is 4.87. The van der Waals surface area contributed by atoms with Crippen LogP contribution in [0, 0.1) is 3.95 Å². The minimum atomic E-state index is -0.0670. The molecule has 0 fully saturated rings. The highest BCUT2D eigenvalue weighted by Crippen LogP contribution is 2.21. The first kappa shape index (κ1) is 11.0. The number of H-pyrrole nitrogens is 1. The van der Waals surface area contributed by atoms with Gasteiger partial charge in [-0.25, -0.2) is 0 Å². The van der Waals surface area contributed by atoms with E-state index < -0.39 is 0 Å². The summed E-state index contributed by atoms with van der Waals surface area (Å²) in [7, 11) is 0. The van der Waals surface area contributed by atoms with Crippen molar-refractivity contribution in [3.8, 4) is 11.3 Å². The van der Waals surface area contributed by atoms with Crippen LogP contribution in [0.4, 0.5) is 5.69 Å². The average Bonchev–Trinajstić information content (AvgIpc) is 2.65. The van der Waals surface area contributed by atoms with E-state index in [9.17, 15) is 4.79 Å². The lowest BCUT2D eigenvalue weighted by Gasteiger charge is -2.02. The Labute approximate surface area is 102 Å². The largest absolute Gasteiger partial charge is 0.337 e. The molecule has 0 aliphatic heterocycles. The number of anilines is 1. The van der Waals surface area contributed by atoms with Crippen LogP contribution in [0.2, 0.25) is 0 Å². The zero-order chi connectivity index (χ0) is 11.5. The quantitative estimate of drug-likeness (QED) is 0.802. The minimum absolute atomic E-state index is 0.0670. The number of aromatic amines is 1. The van der Waals surface area contributed by atoms with E-state index in [-0.39, 0.29) is 5.91 Å². The highest BCUT2D eigenvalue weighted by molar-refractivity contribution is 7.73. The molecule has 5 heteroatoms. The number of nitrogens with one attached hydrogen (secondary N) is 2. The van der Waals surface area contributed by atoms with Gasteiger partial charge >= 0.3 is 0 Å². The van der Waals surface area contributed by atoms with Gasteiger partial charge in [0.15, 0.2) is 3.95 Å². The third kappa shape index (κ3) is 2.56. The molecule has 3 nitrogen and oxygen atoms in total. The monoisotopic (exact) mass is 250 g/mol. The third-order valence-electron chi connectivity index (χ3n) is 2.04. The maximum absolute atomic E-state index is 10.8. The Balaban J connectivity index is 2.25. The van der Waals surface area contributed by atoms with Crippen LogP contribution in [0.1, 0.15) is 6.92 Å². The standard InChI is InChI=1S/C11H10N2OS2/c1-7(14)12-9-4-2-8(3-5-9)10-6-16-11(15)13-10/h2-6H,1H3,(H,12,14)(H,13,15). The topological polar surface area (TPSA) is 44.9 Å². The van der Waals surface area contributed by atoms with Crippen LogP contribution in [0.3, 0.4) is 0 Å². The highest BCUT2D eigenvalue weighted by atomic mass is 32.1. The van der Waals surface area contributed by atoms with Gasteiger partial charge in [-0.2, -0.15) is 0 Å². The van der Waals surface area contributed by atoms with Gasteiger partial charge in [-0.1, -0.05) is 12.1 Å². The van der Waals surface area contributed by atoms with Crippen molar-refractivity contribution in [2.75, 3.05) is 5.32 Å². The summed E-state index contributed by atoms with van der Waals surface area (Å²) in [6.07, 6.45) is 0. The maximum atomic E-state index is 10.8. The Kier molecular flexibility index (Phi) is 3.17. The molecule has 1 heterocycles. The Bertz CT molecular complexity index is 554. The molecule has 1 aromatic heterocycles. The number of carbonyl (C=O) groups is 1. The van der Waals surface area contributed by atoms with Crippen LogP contribution in [-0.4, -0.2) is 10.9 Å². The van der Waals surface area contributed by atoms with Crippen molar-refractivity contribution >= 4 is 35.1 Å². The lowest BCUT2D eigenvalue weighted by atomic mass is 10.1. The molecule has 0 radical (unpaired) electrons. The van der Waals surface area contributed by atoms with Crippen molar-refractivity contribution in [2.45, 2.75) is 6.92 Å². The molecule has 0 bridgehead atoms. The predicted molar refractivity (Wildman–Crippen MR) is 69.2 cm³/mol. The van der Waals surface area contributed by atoms with Gasteiger partial charge in [-0.05, 0) is 29.9 Å². The molecule has 1 aromatic carbocycles. The molecule has 2 aromatic rings. The SMILES string of the molecule is CC(=O)Nc1ccc(-c2csc(=S)[nH]2)cc1. The summed E-state index contributed by atoms with van der Waals surface area (Å²) in [6, 6.07) is 7.62. The van der Waals surface area contributed by atoms with E-state index in [0.29, 0.717) is 0 Å². The van der Waals surface area contributed by atoms with E-state index in [1.165, 1.54) is 18.3 Å². The number of rotatable bonds is 2. The Morgan fingerprint density at radius 2 is 2.06 bits per heavy atom. The third-order valence-corrected chi connectivity index (χ3v) is 3.10. The molecule has 0 saturated heterocycles. The van der Waals surface area contributed by atoms with E-state index in [2.05, 4.69) is 10.3 Å². The van der Waals surface area contributed by atoms with Crippen LogP contribution >= 0.6 is 23.6 Å². The van der Waals surface area contributed by atoms with E-state index in [0.717, 1.165) is 20.9 Å². The summed E-state index contributed by atoms with van der Waals surface area (Å²) in [5.41, 5.74) is 2.86. The Hall–Kier alpha value is -1.46. The summed E-state index contributed by atoms with van der Waals surface area (Å²) in [4.78, 5) is 13.9. The molecular formula is C11H10N2OS2. The van der Waals surface area contributed by atoms with E-state index in [4.69, 9.17) is 12.2 Å². The van der Waals surface area contributed by atoms with Crippen molar-refractivity contribution in [2.24, 2.45) is 0 Å². The first-order valence-electron chi connectivity index (χ1n) is 4.71. The van der Waals surface area contributed by atoms with Crippen molar-refractivity contribution in [3.05, 3.63) is 33.6 Å². The molecule has 0 atom stereocenters. The maximum Gasteiger partial charge on any atom is 0.221 e. The molecule has 0 aliphatic carbocycles. The molecule has 0 spiro atoms. The van der Waals surface area contributed by atoms with Gasteiger partial charge in [0.2, 0.25) is 5.91 Å². The molecule has 1 amide bonds. The first-order valence-corrected chi connectivity index (χ1v) is 6.00. The Morgan fingerprint density at radius 3 is 2.56 bits per heavy atom. The lowest BCUT2D eigenvalue weighted by molar-refractivity contribution is -0.114. The average molecular weight is 250 g/mol. The number of aromatic nitrogens is 1. The zero-order valence-corrected chi connectivity index (χ0v) is 10.2. The summed E-state index contributed by atoms with van der Waals surface area (Å²) < 4.78 is 0.765.